The Labute approximate surface area is 98.3 Å². The minimum atomic E-state index is -3.83. The van der Waals surface area contributed by atoms with Crippen molar-refractivity contribution >= 4 is 10.0 Å². The van der Waals surface area contributed by atoms with Gasteiger partial charge < -0.3 is 9.94 Å². The number of hydrogen-bond donors (Lipinski definition) is 0. The van der Waals surface area contributed by atoms with Gasteiger partial charge in [0.2, 0.25) is 0 Å². The quantitative estimate of drug-likeness (QED) is 0.800. The first-order chi connectivity index (χ1) is 8.09. The van der Waals surface area contributed by atoms with Crippen LogP contribution in [0.4, 0.5) is 0 Å². The van der Waals surface area contributed by atoms with Crippen LogP contribution in [0.15, 0.2) is 64.0 Å². The van der Waals surface area contributed by atoms with Crippen LogP contribution in [0.3, 0.4) is 0 Å². The molecule has 2 aromatic rings. The lowest BCUT2D eigenvalue weighted by Gasteiger charge is -2.09. The Bertz CT molecular complexity index is 675. The molecule has 0 saturated heterocycles. The number of rotatable bonds is 2. The zero-order valence-corrected chi connectivity index (χ0v) is 9.54. The highest BCUT2D eigenvalue weighted by molar-refractivity contribution is 7.90. The lowest BCUT2D eigenvalue weighted by atomic mass is 10.4. The maximum atomic E-state index is 11.8. The van der Waals surface area contributed by atoms with E-state index < -0.39 is 10.0 Å². The Morgan fingerprint density at radius 2 is 1.65 bits per heavy atom. The summed E-state index contributed by atoms with van der Waals surface area (Å²) in [5.74, 6) is 0. The SMILES string of the molecule is O=S(=O)(N=c1ccccn1[O-])c1ccccc1. The molecule has 0 fully saturated rings. The van der Waals surface area contributed by atoms with Crippen molar-refractivity contribution in [2.75, 3.05) is 0 Å². The van der Waals surface area contributed by atoms with Gasteiger partial charge in [0.1, 0.15) is 5.49 Å². The molecular formula is C11H9N2O3S-. The number of sulfonamides is 1. The van der Waals surface area contributed by atoms with E-state index in [2.05, 4.69) is 4.40 Å². The number of pyridine rings is 1. The lowest BCUT2D eigenvalue weighted by molar-refractivity contribution is 0.596. The van der Waals surface area contributed by atoms with Crippen molar-refractivity contribution in [1.29, 1.82) is 0 Å². The topological polar surface area (TPSA) is 74.5 Å². The third-order valence-corrected chi connectivity index (χ3v) is 3.35. The summed E-state index contributed by atoms with van der Waals surface area (Å²) in [4.78, 5) is 0.0591. The molecule has 6 heteroatoms. The van der Waals surface area contributed by atoms with E-state index in [1.54, 1.807) is 24.3 Å². The van der Waals surface area contributed by atoms with Crippen molar-refractivity contribution < 1.29 is 8.42 Å². The largest absolute Gasteiger partial charge is 0.805 e. The van der Waals surface area contributed by atoms with E-state index in [1.165, 1.54) is 30.5 Å². The summed E-state index contributed by atoms with van der Waals surface area (Å²) in [5, 5.41) is 11.3. The molecule has 0 aliphatic rings. The Morgan fingerprint density at radius 1 is 1.00 bits per heavy atom. The minimum Gasteiger partial charge on any atom is -0.805 e. The van der Waals surface area contributed by atoms with Crippen LogP contribution >= 0.6 is 0 Å². The number of benzene rings is 1. The Balaban J connectivity index is 2.57. The van der Waals surface area contributed by atoms with Crippen LogP contribution in [0.2, 0.25) is 0 Å². The van der Waals surface area contributed by atoms with Crippen LogP contribution in [0.5, 0.6) is 0 Å². The second-order valence-electron chi connectivity index (χ2n) is 3.26. The van der Waals surface area contributed by atoms with Gasteiger partial charge in [-0.05, 0) is 30.5 Å². The van der Waals surface area contributed by atoms with Gasteiger partial charge >= 0.3 is 0 Å². The van der Waals surface area contributed by atoms with Crippen molar-refractivity contribution in [3.05, 3.63) is 65.4 Å². The molecule has 0 amide bonds. The smallest absolute Gasteiger partial charge is 0.284 e. The summed E-state index contributed by atoms with van der Waals surface area (Å²) in [5.41, 5.74) is -0.156. The maximum Gasteiger partial charge on any atom is 0.284 e. The average molecular weight is 249 g/mol. The Morgan fingerprint density at radius 3 is 2.29 bits per heavy atom. The second kappa shape index (κ2) is 4.42. The molecule has 0 aliphatic carbocycles. The molecular weight excluding hydrogens is 240 g/mol. The highest BCUT2D eigenvalue weighted by Crippen LogP contribution is 2.09. The predicted octanol–water partition coefficient (Wildman–Crippen LogP) is 1.12. The summed E-state index contributed by atoms with van der Waals surface area (Å²) in [7, 11) is -3.83. The molecule has 0 saturated carbocycles. The molecule has 0 radical (unpaired) electrons. The first kappa shape index (κ1) is 11.4. The van der Waals surface area contributed by atoms with E-state index in [9.17, 15) is 13.6 Å². The molecule has 1 aromatic heterocycles. The highest BCUT2D eigenvalue weighted by atomic mass is 32.2. The number of hydrogen-bond acceptors (Lipinski definition) is 3. The molecule has 1 aromatic carbocycles. The third-order valence-electron chi connectivity index (χ3n) is 2.06. The van der Waals surface area contributed by atoms with Crippen LogP contribution in [0.1, 0.15) is 0 Å². The molecule has 2 rings (SSSR count). The maximum absolute atomic E-state index is 11.8. The molecule has 88 valence electrons. The van der Waals surface area contributed by atoms with Crippen molar-refractivity contribution in [1.82, 2.24) is 4.73 Å². The lowest BCUT2D eigenvalue weighted by Crippen LogP contribution is -2.17. The summed E-state index contributed by atoms with van der Waals surface area (Å²) in [6.07, 6.45) is 1.19. The summed E-state index contributed by atoms with van der Waals surface area (Å²) in [6, 6.07) is 12.1. The standard InChI is InChI=1S/C11H9N2O3S/c14-13-9-5-4-8-11(13)12-17(15,16)10-6-2-1-3-7-10/h1-9H/q-1. The van der Waals surface area contributed by atoms with Gasteiger partial charge in [-0.3, -0.25) is 0 Å². The van der Waals surface area contributed by atoms with Crippen LogP contribution in [-0.4, -0.2) is 13.1 Å². The van der Waals surface area contributed by atoms with Gasteiger partial charge in [-0.1, -0.05) is 24.3 Å². The van der Waals surface area contributed by atoms with Crippen molar-refractivity contribution in [2.45, 2.75) is 4.90 Å². The van der Waals surface area contributed by atoms with Gasteiger partial charge in [0.25, 0.3) is 10.0 Å². The van der Waals surface area contributed by atoms with Crippen LogP contribution in [-0.2, 0) is 10.0 Å². The molecule has 17 heavy (non-hydrogen) atoms. The Kier molecular flexibility index (Phi) is 2.97. The summed E-state index contributed by atoms with van der Waals surface area (Å²) < 4.78 is 27.6. The summed E-state index contributed by atoms with van der Waals surface area (Å²) in [6.45, 7) is 0. The van der Waals surface area contributed by atoms with E-state index in [4.69, 9.17) is 0 Å². The van der Waals surface area contributed by atoms with Gasteiger partial charge in [-0.25, -0.2) is 0 Å². The molecule has 0 unspecified atom stereocenters. The molecule has 0 spiro atoms. The first-order valence-electron chi connectivity index (χ1n) is 4.81. The molecule has 0 atom stereocenters. The number of nitrogens with zero attached hydrogens (tertiary/aromatic N) is 2. The molecule has 0 bridgehead atoms. The van der Waals surface area contributed by atoms with E-state index >= 15 is 0 Å². The second-order valence-corrected chi connectivity index (χ2v) is 4.87. The average Bonchev–Trinajstić information content (AvgIpc) is 2.33. The van der Waals surface area contributed by atoms with E-state index in [1.807, 2.05) is 0 Å². The monoisotopic (exact) mass is 249 g/mol. The van der Waals surface area contributed by atoms with Gasteiger partial charge in [0, 0.05) is 0 Å². The molecule has 0 N–H and O–H groups in total. The predicted molar refractivity (Wildman–Crippen MR) is 62.4 cm³/mol. The van der Waals surface area contributed by atoms with E-state index in [-0.39, 0.29) is 10.4 Å². The van der Waals surface area contributed by atoms with Gasteiger partial charge in [0.05, 0.1) is 4.90 Å². The van der Waals surface area contributed by atoms with E-state index in [0.717, 1.165) is 0 Å². The fraction of sp³-hybridized carbons (Fsp3) is 0. The molecule has 5 nitrogen and oxygen atoms in total. The fourth-order valence-corrected chi connectivity index (χ4v) is 2.25. The minimum absolute atomic E-state index is 0.0591. The van der Waals surface area contributed by atoms with E-state index in [0.29, 0.717) is 4.73 Å². The van der Waals surface area contributed by atoms with Gasteiger partial charge in [0.15, 0.2) is 0 Å². The van der Waals surface area contributed by atoms with Gasteiger partial charge in [-0.2, -0.15) is 8.42 Å². The molecule has 1 heterocycles. The van der Waals surface area contributed by atoms with Gasteiger partial charge in [-0.15, -0.1) is 4.40 Å². The van der Waals surface area contributed by atoms with Crippen molar-refractivity contribution in [3.8, 4) is 0 Å². The number of aromatic nitrogens is 1. The zero-order valence-electron chi connectivity index (χ0n) is 8.72. The van der Waals surface area contributed by atoms with Crippen LogP contribution in [0, 0.1) is 5.21 Å². The van der Waals surface area contributed by atoms with Crippen molar-refractivity contribution in [2.24, 2.45) is 4.40 Å². The van der Waals surface area contributed by atoms with Crippen LogP contribution in [0.25, 0.3) is 0 Å². The van der Waals surface area contributed by atoms with Crippen molar-refractivity contribution in [3.63, 3.8) is 0 Å². The van der Waals surface area contributed by atoms with Crippen LogP contribution < -0.4 is 5.49 Å². The zero-order chi connectivity index (χ0) is 12.3. The Hall–Kier alpha value is -2.08. The highest BCUT2D eigenvalue weighted by Gasteiger charge is 2.10. The third kappa shape index (κ3) is 2.54. The first-order valence-corrected chi connectivity index (χ1v) is 6.25. The normalized spacial score (nSPS) is 12.6. The fourth-order valence-electron chi connectivity index (χ4n) is 1.26. The molecule has 0 aliphatic heterocycles. The summed E-state index contributed by atoms with van der Waals surface area (Å²) >= 11 is 0.